The Bertz CT molecular complexity index is 255. The highest BCUT2D eigenvalue weighted by atomic mass is 19.3. The highest BCUT2D eigenvalue weighted by molar-refractivity contribution is 4.96. The van der Waals surface area contributed by atoms with Crippen LogP contribution in [-0.2, 0) is 0 Å². The van der Waals surface area contributed by atoms with Crippen molar-refractivity contribution in [1.82, 2.24) is 0 Å². The lowest BCUT2D eigenvalue weighted by Gasteiger charge is -2.32. The van der Waals surface area contributed by atoms with Crippen LogP contribution < -0.4 is 0 Å². The van der Waals surface area contributed by atoms with Gasteiger partial charge in [-0.25, -0.2) is 0 Å². The first-order chi connectivity index (χ1) is 8.62. The van der Waals surface area contributed by atoms with Crippen molar-refractivity contribution in [3.05, 3.63) is 0 Å². The van der Waals surface area contributed by atoms with Crippen LogP contribution in [0.1, 0.15) is 51.9 Å². The van der Waals surface area contributed by atoms with Crippen LogP contribution in [0.5, 0.6) is 0 Å². The lowest BCUT2D eigenvalue weighted by Crippen LogP contribution is -2.54. The van der Waals surface area contributed by atoms with Crippen molar-refractivity contribution in [2.75, 3.05) is 6.61 Å². The van der Waals surface area contributed by atoms with Crippen molar-refractivity contribution in [3.63, 3.8) is 0 Å². The van der Waals surface area contributed by atoms with E-state index in [-0.39, 0.29) is 6.42 Å². The SMILES string of the molecule is CCCCCCCC(F)(F)C(F)(F)C(F)(F)CCO. The molecule has 1 N–H and O–H groups in total. The van der Waals surface area contributed by atoms with Gasteiger partial charge in [0.15, 0.2) is 0 Å². The predicted molar refractivity (Wildman–Crippen MR) is 59.9 cm³/mol. The fraction of sp³-hybridized carbons (Fsp3) is 1.00. The van der Waals surface area contributed by atoms with Gasteiger partial charge >= 0.3 is 17.8 Å². The molecular formula is C12H20F6O. The summed E-state index contributed by atoms with van der Waals surface area (Å²) in [6, 6.07) is 0. The first-order valence-corrected chi connectivity index (χ1v) is 6.36. The third-order valence-electron chi connectivity index (χ3n) is 2.94. The first-order valence-electron chi connectivity index (χ1n) is 6.36. The lowest BCUT2D eigenvalue weighted by atomic mass is 9.97. The van der Waals surface area contributed by atoms with Crippen LogP contribution in [0, 0.1) is 0 Å². The molecule has 0 rings (SSSR count). The summed E-state index contributed by atoms with van der Waals surface area (Å²) in [5.41, 5.74) is 0. The highest BCUT2D eigenvalue weighted by Crippen LogP contribution is 2.49. The van der Waals surface area contributed by atoms with Crippen LogP contribution in [0.4, 0.5) is 26.3 Å². The minimum atomic E-state index is -5.44. The molecule has 0 aromatic heterocycles. The van der Waals surface area contributed by atoms with Gasteiger partial charge in [-0.05, 0) is 6.42 Å². The van der Waals surface area contributed by atoms with Gasteiger partial charge in [0.2, 0.25) is 0 Å². The predicted octanol–water partition coefficient (Wildman–Crippen LogP) is 4.64. The van der Waals surface area contributed by atoms with E-state index in [0.717, 1.165) is 12.8 Å². The molecule has 1 nitrogen and oxygen atoms in total. The molecule has 0 aliphatic carbocycles. The fourth-order valence-electron chi connectivity index (χ4n) is 1.67. The number of unbranched alkanes of at least 4 members (excludes halogenated alkanes) is 4. The number of halogens is 6. The van der Waals surface area contributed by atoms with Crippen molar-refractivity contribution in [2.45, 2.75) is 69.6 Å². The molecule has 0 saturated carbocycles. The van der Waals surface area contributed by atoms with Gasteiger partial charge in [-0.2, -0.15) is 26.3 Å². The molecule has 0 atom stereocenters. The summed E-state index contributed by atoms with van der Waals surface area (Å²) in [6.45, 7) is 0.632. The quantitative estimate of drug-likeness (QED) is 0.460. The Kier molecular flexibility index (Phi) is 7.18. The zero-order valence-corrected chi connectivity index (χ0v) is 10.9. The van der Waals surface area contributed by atoms with Gasteiger partial charge in [0, 0.05) is 19.4 Å². The molecule has 0 aromatic carbocycles. The second-order valence-corrected chi connectivity index (χ2v) is 4.62. The first kappa shape index (κ1) is 18.5. The average molecular weight is 294 g/mol. The van der Waals surface area contributed by atoms with E-state index in [0.29, 0.717) is 12.8 Å². The Labute approximate surface area is 109 Å². The van der Waals surface area contributed by atoms with Crippen molar-refractivity contribution < 1.29 is 31.4 Å². The second kappa shape index (κ2) is 7.36. The number of hydrogen-bond donors (Lipinski definition) is 1. The second-order valence-electron chi connectivity index (χ2n) is 4.62. The summed E-state index contributed by atoms with van der Waals surface area (Å²) < 4.78 is 78.6. The Hall–Kier alpha value is -0.460. The summed E-state index contributed by atoms with van der Waals surface area (Å²) in [6.07, 6.45) is -0.589. The molecule has 0 spiro atoms. The van der Waals surface area contributed by atoms with E-state index in [2.05, 4.69) is 0 Å². The van der Waals surface area contributed by atoms with Gasteiger partial charge in [-0.1, -0.05) is 32.6 Å². The number of rotatable bonds is 10. The molecule has 0 aliphatic heterocycles. The number of alkyl halides is 6. The van der Waals surface area contributed by atoms with Crippen LogP contribution in [0.15, 0.2) is 0 Å². The molecule has 0 bridgehead atoms. The minimum Gasteiger partial charge on any atom is -0.396 e. The Morgan fingerprint density at radius 1 is 0.737 bits per heavy atom. The maximum absolute atomic E-state index is 13.2. The monoisotopic (exact) mass is 294 g/mol. The Morgan fingerprint density at radius 2 is 1.21 bits per heavy atom. The van der Waals surface area contributed by atoms with Crippen LogP contribution in [-0.4, -0.2) is 29.5 Å². The van der Waals surface area contributed by atoms with Crippen LogP contribution in [0.3, 0.4) is 0 Å². The van der Waals surface area contributed by atoms with Crippen molar-refractivity contribution >= 4 is 0 Å². The topological polar surface area (TPSA) is 20.2 Å². The third kappa shape index (κ3) is 4.85. The summed E-state index contributed by atoms with van der Waals surface area (Å²) >= 11 is 0. The number of aliphatic hydroxyl groups is 1. The van der Waals surface area contributed by atoms with Crippen LogP contribution in [0.25, 0.3) is 0 Å². The molecule has 116 valence electrons. The summed E-state index contributed by atoms with van der Waals surface area (Å²) in [5, 5.41) is 8.25. The lowest BCUT2D eigenvalue weighted by molar-refractivity contribution is -0.313. The van der Waals surface area contributed by atoms with E-state index in [4.69, 9.17) is 5.11 Å². The van der Waals surface area contributed by atoms with Gasteiger partial charge in [0.25, 0.3) is 0 Å². The molecule has 7 heteroatoms. The van der Waals surface area contributed by atoms with Crippen LogP contribution in [0.2, 0.25) is 0 Å². The van der Waals surface area contributed by atoms with E-state index >= 15 is 0 Å². The zero-order chi connectivity index (χ0) is 15.2. The third-order valence-corrected chi connectivity index (χ3v) is 2.94. The fourth-order valence-corrected chi connectivity index (χ4v) is 1.67. The standard InChI is InChI=1S/C12H20F6O/c1-2-3-4-5-6-7-10(13,14)12(17,18)11(15,16)8-9-19/h19H,2-9H2,1H3. The van der Waals surface area contributed by atoms with Gasteiger partial charge in [-0.3, -0.25) is 0 Å². The smallest absolute Gasteiger partial charge is 0.371 e. The molecule has 0 radical (unpaired) electrons. The molecule has 0 unspecified atom stereocenters. The van der Waals surface area contributed by atoms with Gasteiger partial charge < -0.3 is 5.11 Å². The maximum atomic E-state index is 13.2. The van der Waals surface area contributed by atoms with E-state index in [1.165, 1.54) is 0 Å². The Balaban J connectivity index is 4.51. The van der Waals surface area contributed by atoms with Crippen LogP contribution >= 0.6 is 0 Å². The van der Waals surface area contributed by atoms with E-state index in [9.17, 15) is 26.3 Å². The molecule has 19 heavy (non-hydrogen) atoms. The molecule has 0 aliphatic rings. The van der Waals surface area contributed by atoms with Crippen molar-refractivity contribution in [1.29, 1.82) is 0 Å². The molecule has 0 saturated heterocycles. The van der Waals surface area contributed by atoms with E-state index in [1.54, 1.807) is 0 Å². The summed E-state index contributed by atoms with van der Waals surface area (Å²) in [4.78, 5) is 0. The molecule has 0 fully saturated rings. The normalized spacial score (nSPS) is 13.9. The van der Waals surface area contributed by atoms with Gasteiger partial charge in [0.1, 0.15) is 0 Å². The van der Waals surface area contributed by atoms with Crippen molar-refractivity contribution in [2.24, 2.45) is 0 Å². The summed E-state index contributed by atoms with van der Waals surface area (Å²) in [7, 11) is 0. The Morgan fingerprint density at radius 3 is 1.68 bits per heavy atom. The van der Waals surface area contributed by atoms with Crippen molar-refractivity contribution in [3.8, 4) is 0 Å². The molecule has 0 amide bonds. The molecular weight excluding hydrogens is 274 g/mol. The zero-order valence-electron chi connectivity index (χ0n) is 10.9. The minimum absolute atomic E-state index is 0.224. The van der Waals surface area contributed by atoms with Gasteiger partial charge in [-0.15, -0.1) is 0 Å². The summed E-state index contributed by atoms with van der Waals surface area (Å²) in [5.74, 6) is -15.1. The average Bonchev–Trinajstić information content (AvgIpc) is 2.28. The van der Waals surface area contributed by atoms with E-state index < -0.39 is 37.2 Å². The van der Waals surface area contributed by atoms with Gasteiger partial charge in [0.05, 0.1) is 0 Å². The highest BCUT2D eigenvalue weighted by Gasteiger charge is 2.70. The largest absolute Gasteiger partial charge is 0.396 e. The maximum Gasteiger partial charge on any atom is 0.371 e. The number of hydrogen-bond acceptors (Lipinski definition) is 1. The molecule has 0 aromatic rings. The number of aliphatic hydroxyl groups excluding tert-OH is 1. The van der Waals surface area contributed by atoms with E-state index in [1.807, 2.05) is 6.92 Å². The molecule has 0 heterocycles.